The first kappa shape index (κ1) is 18.1. The Kier molecular flexibility index (Phi) is 8.48. The zero-order valence-electron chi connectivity index (χ0n) is 12.2. The number of rotatable bonds is 11. The average Bonchev–Trinajstić information content (AvgIpc) is 2.46. The fourth-order valence-electron chi connectivity index (χ4n) is 1.66. The lowest BCUT2D eigenvalue weighted by molar-refractivity contribution is 0.0699. The monoisotopic (exact) mass is 317 g/mol. The van der Waals surface area contributed by atoms with Crippen LogP contribution < -0.4 is 4.72 Å². The van der Waals surface area contributed by atoms with Crippen LogP contribution in [0.5, 0.6) is 0 Å². The topological polar surface area (TPSA) is 84.9 Å². The Morgan fingerprint density at radius 3 is 2.38 bits per heavy atom. The summed E-state index contributed by atoms with van der Waals surface area (Å²) in [4.78, 5) is 0. The van der Waals surface area contributed by atoms with Gasteiger partial charge in [0.05, 0.1) is 25.6 Å². The molecule has 1 rings (SSSR count). The van der Waals surface area contributed by atoms with Gasteiger partial charge in [-0.2, -0.15) is 0 Å². The summed E-state index contributed by atoms with van der Waals surface area (Å²) in [6.07, 6.45) is 0.617. The largest absolute Gasteiger partial charge is 0.392 e. The second-order valence-electron chi connectivity index (χ2n) is 4.59. The number of methoxy groups -OCH3 is 1. The summed E-state index contributed by atoms with van der Waals surface area (Å²) >= 11 is 0. The average molecular weight is 317 g/mol. The number of nitrogens with one attached hydrogen (secondary N) is 1. The number of hydrogen-bond donors (Lipinski definition) is 2. The number of ether oxygens (including phenoxy) is 2. The molecule has 0 radical (unpaired) electrons. The summed E-state index contributed by atoms with van der Waals surface area (Å²) in [6.45, 7) is 1.85. The smallest absolute Gasteiger partial charge is 0.215 e. The molecule has 0 aliphatic heterocycles. The molecule has 7 heteroatoms. The van der Waals surface area contributed by atoms with Gasteiger partial charge in [0.1, 0.15) is 0 Å². The summed E-state index contributed by atoms with van der Waals surface area (Å²) in [5.41, 5.74) is 1.45. The van der Waals surface area contributed by atoms with Crippen molar-refractivity contribution >= 4 is 10.0 Å². The maximum Gasteiger partial charge on any atom is 0.215 e. The normalized spacial score (nSPS) is 11.7. The predicted molar refractivity (Wildman–Crippen MR) is 80.3 cm³/mol. The number of aliphatic hydroxyl groups is 1. The van der Waals surface area contributed by atoms with Crippen molar-refractivity contribution in [2.75, 3.05) is 33.5 Å². The van der Waals surface area contributed by atoms with Crippen molar-refractivity contribution in [3.05, 3.63) is 35.4 Å². The van der Waals surface area contributed by atoms with Gasteiger partial charge in [0, 0.05) is 20.3 Å². The molecule has 0 aliphatic rings. The molecule has 0 aromatic heterocycles. The third kappa shape index (κ3) is 8.13. The maximum atomic E-state index is 11.9. The third-order valence-corrected chi connectivity index (χ3v) is 4.14. The standard InChI is InChI=1S/C14H23NO5S/c1-19-9-10-20-8-2-7-15-21(17,18)12-14-5-3-13(11-16)4-6-14/h3-6,15-16H,2,7-12H2,1H3. The zero-order valence-corrected chi connectivity index (χ0v) is 13.1. The fraction of sp³-hybridized carbons (Fsp3) is 0.571. The molecule has 0 saturated carbocycles. The van der Waals surface area contributed by atoms with Gasteiger partial charge in [0.25, 0.3) is 0 Å². The van der Waals surface area contributed by atoms with Crippen molar-refractivity contribution in [3.8, 4) is 0 Å². The molecule has 6 nitrogen and oxygen atoms in total. The van der Waals surface area contributed by atoms with Crippen LogP contribution in [0.4, 0.5) is 0 Å². The molecule has 1 aromatic carbocycles. The predicted octanol–water partition coefficient (Wildman–Crippen LogP) is 0.651. The minimum atomic E-state index is -3.34. The van der Waals surface area contributed by atoms with E-state index in [0.29, 0.717) is 38.3 Å². The first-order valence-corrected chi connectivity index (χ1v) is 8.45. The van der Waals surface area contributed by atoms with Crippen molar-refractivity contribution in [3.63, 3.8) is 0 Å². The van der Waals surface area contributed by atoms with E-state index in [4.69, 9.17) is 14.6 Å². The van der Waals surface area contributed by atoms with E-state index >= 15 is 0 Å². The molecule has 1 aromatic rings. The lowest BCUT2D eigenvalue weighted by Gasteiger charge is -2.08. The van der Waals surface area contributed by atoms with E-state index in [2.05, 4.69) is 4.72 Å². The molecule has 21 heavy (non-hydrogen) atoms. The Morgan fingerprint density at radius 2 is 1.76 bits per heavy atom. The van der Waals surface area contributed by atoms with Gasteiger partial charge < -0.3 is 14.6 Å². The van der Waals surface area contributed by atoms with Gasteiger partial charge in [-0.1, -0.05) is 24.3 Å². The van der Waals surface area contributed by atoms with Crippen molar-refractivity contribution in [1.82, 2.24) is 4.72 Å². The minimum absolute atomic E-state index is 0.0473. The van der Waals surface area contributed by atoms with Crippen LogP contribution >= 0.6 is 0 Å². The second-order valence-corrected chi connectivity index (χ2v) is 6.39. The molecule has 2 N–H and O–H groups in total. The van der Waals surface area contributed by atoms with E-state index in [1.54, 1.807) is 31.4 Å². The van der Waals surface area contributed by atoms with Gasteiger partial charge in [0.2, 0.25) is 10.0 Å². The van der Waals surface area contributed by atoms with Crippen LogP contribution in [-0.4, -0.2) is 47.0 Å². The van der Waals surface area contributed by atoms with Gasteiger partial charge in [-0.15, -0.1) is 0 Å². The van der Waals surface area contributed by atoms with E-state index in [1.165, 1.54) is 0 Å². The highest BCUT2D eigenvalue weighted by Gasteiger charge is 2.10. The van der Waals surface area contributed by atoms with Crippen LogP contribution in [0.2, 0.25) is 0 Å². The van der Waals surface area contributed by atoms with Crippen molar-refractivity contribution in [1.29, 1.82) is 0 Å². The van der Waals surface area contributed by atoms with Crippen LogP contribution in [0, 0.1) is 0 Å². The van der Waals surface area contributed by atoms with Crippen LogP contribution in [0.1, 0.15) is 17.5 Å². The zero-order chi connectivity index (χ0) is 15.6. The highest BCUT2D eigenvalue weighted by atomic mass is 32.2. The summed E-state index contributed by atoms with van der Waals surface area (Å²) in [7, 11) is -1.74. The van der Waals surface area contributed by atoms with E-state index in [-0.39, 0.29) is 12.4 Å². The molecular formula is C14H23NO5S. The van der Waals surface area contributed by atoms with Crippen LogP contribution in [0.15, 0.2) is 24.3 Å². The van der Waals surface area contributed by atoms with Gasteiger partial charge in [-0.05, 0) is 17.5 Å². The van der Waals surface area contributed by atoms with Gasteiger partial charge in [0.15, 0.2) is 0 Å². The summed E-state index contributed by atoms with van der Waals surface area (Å²) in [5, 5.41) is 8.93. The quantitative estimate of drug-likeness (QED) is 0.585. The molecule has 0 heterocycles. The lowest BCUT2D eigenvalue weighted by atomic mass is 10.2. The number of sulfonamides is 1. The second kappa shape index (κ2) is 9.86. The Balaban J connectivity index is 2.26. The summed E-state index contributed by atoms with van der Waals surface area (Å²) in [5.74, 6) is -0.0662. The van der Waals surface area contributed by atoms with Gasteiger partial charge >= 0.3 is 0 Å². The van der Waals surface area contributed by atoms with E-state index in [0.717, 1.165) is 5.56 Å². The fourth-order valence-corrected chi connectivity index (χ4v) is 2.85. The molecule has 0 bridgehead atoms. The third-order valence-electron chi connectivity index (χ3n) is 2.78. The van der Waals surface area contributed by atoms with Gasteiger partial charge in [-0.3, -0.25) is 0 Å². The van der Waals surface area contributed by atoms with E-state index in [9.17, 15) is 8.42 Å². The maximum absolute atomic E-state index is 11.9. The Morgan fingerprint density at radius 1 is 1.10 bits per heavy atom. The number of benzene rings is 1. The van der Waals surface area contributed by atoms with Crippen LogP contribution in [-0.2, 0) is 31.9 Å². The number of aliphatic hydroxyl groups excluding tert-OH is 1. The van der Waals surface area contributed by atoms with E-state index in [1.807, 2.05) is 0 Å². The van der Waals surface area contributed by atoms with Crippen LogP contribution in [0.25, 0.3) is 0 Å². The molecule has 0 saturated heterocycles. The minimum Gasteiger partial charge on any atom is -0.392 e. The Labute approximate surface area is 126 Å². The SMILES string of the molecule is COCCOCCCNS(=O)(=O)Cc1ccc(CO)cc1. The van der Waals surface area contributed by atoms with Crippen molar-refractivity contribution in [2.24, 2.45) is 0 Å². The number of hydrogen-bond acceptors (Lipinski definition) is 5. The first-order valence-electron chi connectivity index (χ1n) is 6.80. The molecule has 120 valence electrons. The molecule has 0 fully saturated rings. The molecule has 0 atom stereocenters. The summed E-state index contributed by atoms with van der Waals surface area (Å²) in [6, 6.07) is 6.85. The molecule has 0 amide bonds. The Hall–Kier alpha value is -0.990. The van der Waals surface area contributed by atoms with Crippen LogP contribution in [0.3, 0.4) is 0 Å². The van der Waals surface area contributed by atoms with E-state index < -0.39 is 10.0 Å². The Bertz CT molecular complexity index is 487. The summed E-state index contributed by atoms with van der Waals surface area (Å²) < 4.78 is 36.4. The molecule has 0 aliphatic carbocycles. The van der Waals surface area contributed by atoms with Crippen molar-refractivity contribution in [2.45, 2.75) is 18.8 Å². The highest BCUT2D eigenvalue weighted by Crippen LogP contribution is 2.07. The van der Waals surface area contributed by atoms with Gasteiger partial charge in [-0.25, -0.2) is 13.1 Å². The molecular weight excluding hydrogens is 294 g/mol. The highest BCUT2D eigenvalue weighted by molar-refractivity contribution is 7.88. The molecule has 0 spiro atoms. The first-order chi connectivity index (χ1) is 10.1. The lowest BCUT2D eigenvalue weighted by Crippen LogP contribution is -2.27. The van der Waals surface area contributed by atoms with Crippen molar-refractivity contribution < 1.29 is 23.0 Å². The molecule has 0 unspecified atom stereocenters.